The SMILES string of the molecule is COc1cc(OC)c(Cl)c(-c2cc3cnc(NC(C)(C)CO)nc3n(CCc3ccc(N)cc3)c2=O)c1Cl. The van der Waals surface area contributed by atoms with Gasteiger partial charge in [-0.2, -0.15) is 4.98 Å². The molecule has 4 N–H and O–H groups in total. The van der Waals surface area contributed by atoms with Crippen LogP contribution in [0, 0.1) is 0 Å². The van der Waals surface area contributed by atoms with E-state index in [4.69, 9.17) is 38.4 Å². The molecule has 0 aliphatic carbocycles. The highest BCUT2D eigenvalue weighted by atomic mass is 35.5. The highest BCUT2D eigenvalue weighted by Gasteiger charge is 2.24. The van der Waals surface area contributed by atoms with Crippen LogP contribution in [0.25, 0.3) is 22.2 Å². The van der Waals surface area contributed by atoms with E-state index in [1.54, 1.807) is 22.9 Å². The number of aliphatic hydroxyl groups excluding tert-OH is 1. The Hall–Kier alpha value is -3.53. The number of pyridine rings is 1. The Morgan fingerprint density at radius 2 is 1.71 bits per heavy atom. The first-order chi connectivity index (χ1) is 18.1. The van der Waals surface area contributed by atoms with Gasteiger partial charge in [-0.25, -0.2) is 4.98 Å². The van der Waals surface area contributed by atoms with Gasteiger partial charge in [-0.1, -0.05) is 35.3 Å². The molecule has 0 spiro atoms. The topological polar surface area (TPSA) is 125 Å². The number of hydrogen-bond donors (Lipinski definition) is 3. The second-order valence-electron chi connectivity index (χ2n) is 9.43. The van der Waals surface area contributed by atoms with Gasteiger partial charge in [0.25, 0.3) is 5.56 Å². The van der Waals surface area contributed by atoms with Crippen molar-refractivity contribution in [2.75, 3.05) is 31.9 Å². The number of nitrogens with two attached hydrogens (primary N) is 1. The monoisotopic (exact) mass is 557 g/mol. The molecular formula is C27H29Cl2N5O4. The van der Waals surface area contributed by atoms with Gasteiger partial charge < -0.3 is 25.6 Å². The molecule has 2 aromatic carbocycles. The molecule has 0 atom stereocenters. The van der Waals surface area contributed by atoms with Crippen LogP contribution in [0.3, 0.4) is 0 Å². The molecule has 0 saturated heterocycles. The number of hydrogen-bond acceptors (Lipinski definition) is 8. The molecule has 2 heterocycles. The molecular weight excluding hydrogens is 529 g/mol. The Labute approximate surface area is 230 Å². The van der Waals surface area contributed by atoms with Crippen LogP contribution in [0.4, 0.5) is 11.6 Å². The van der Waals surface area contributed by atoms with Gasteiger partial charge in [0.1, 0.15) is 17.1 Å². The van der Waals surface area contributed by atoms with Crippen LogP contribution < -0.4 is 26.1 Å². The molecule has 0 bridgehead atoms. The molecule has 2 aromatic heterocycles. The summed E-state index contributed by atoms with van der Waals surface area (Å²) < 4.78 is 12.4. The molecule has 0 radical (unpaired) electrons. The lowest BCUT2D eigenvalue weighted by atomic mass is 10.0. The maximum absolute atomic E-state index is 14.0. The van der Waals surface area contributed by atoms with Crippen molar-refractivity contribution < 1.29 is 14.6 Å². The zero-order valence-corrected chi connectivity index (χ0v) is 23.0. The summed E-state index contributed by atoms with van der Waals surface area (Å²) in [6.07, 6.45) is 2.15. The first-order valence-electron chi connectivity index (χ1n) is 11.8. The van der Waals surface area contributed by atoms with Gasteiger partial charge in [-0.05, 0) is 44.0 Å². The first-order valence-corrected chi connectivity index (χ1v) is 12.6. The summed E-state index contributed by atoms with van der Waals surface area (Å²) in [5, 5.41) is 13.7. The molecule has 4 aromatic rings. The van der Waals surface area contributed by atoms with Gasteiger partial charge in [0.05, 0.1) is 42.0 Å². The largest absolute Gasteiger partial charge is 0.495 e. The number of aromatic nitrogens is 3. The molecule has 11 heteroatoms. The highest BCUT2D eigenvalue weighted by Crippen LogP contribution is 2.45. The molecule has 0 fully saturated rings. The van der Waals surface area contributed by atoms with Crippen molar-refractivity contribution in [3.05, 3.63) is 68.6 Å². The summed E-state index contributed by atoms with van der Waals surface area (Å²) in [6, 6.07) is 10.7. The van der Waals surface area contributed by atoms with Crippen LogP contribution in [0.2, 0.25) is 10.0 Å². The standard InChI is InChI=1S/C27H29Cl2N5O4/c1-27(2,14-35)33-26-31-13-16-11-18(21-22(28)19(37-3)12-20(38-4)23(21)29)25(36)34(24(16)32-26)10-9-15-5-7-17(30)8-6-15/h5-8,11-13,35H,9-10,14,30H2,1-4H3,(H,31,32,33). The molecule has 0 aliphatic heterocycles. The number of fused-ring (bicyclic) bond motifs is 1. The summed E-state index contributed by atoms with van der Waals surface area (Å²) in [4.78, 5) is 23.1. The smallest absolute Gasteiger partial charge is 0.260 e. The zero-order chi connectivity index (χ0) is 27.6. The number of nitrogens with zero attached hydrogens (tertiary/aromatic N) is 3. The maximum atomic E-state index is 14.0. The number of anilines is 2. The van der Waals surface area contributed by atoms with Gasteiger partial charge in [-0.15, -0.1) is 0 Å². The van der Waals surface area contributed by atoms with Crippen molar-refractivity contribution in [1.82, 2.24) is 14.5 Å². The quantitative estimate of drug-likeness (QED) is 0.251. The van der Waals surface area contributed by atoms with Gasteiger partial charge >= 0.3 is 0 Å². The first kappa shape index (κ1) is 27.5. The lowest BCUT2D eigenvalue weighted by molar-refractivity contribution is 0.233. The molecule has 38 heavy (non-hydrogen) atoms. The molecule has 200 valence electrons. The van der Waals surface area contributed by atoms with E-state index in [0.717, 1.165) is 5.56 Å². The van der Waals surface area contributed by atoms with E-state index in [9.17, 15) is 9.90 Å². The summed E-state index contributed by atoms with van der Waals surface area (Å²) in [7, 11) is 2.94. The van der Waals surface area contributed by atoms with Crippen LogP contribution in [-0.4, -0.2) is 46.0 Å². The van der Waals surface area contributed by atoms with Gasteiger partial charge in [0, 0.05) is 35.4 Å². The third kappa shape index (κ3) is 5.50. The fourth-order valence-electron chi connectivity index (χ4n) is 4.00. The minimum absolute atomic E-state index is 0.133. The third-order valence-corrected chi connectivity index (χ3v) is 6.87. The summed E-state index contributed by atoms with van der Waals surface area (Å²) in [5.74, 6) is 0.916. The predicted molar refractivity (Wildman–Crippen MR) is 152 cm³/mol. The molecule has 0 amide bonds. The number of benzene rings is 2. The molecule has 0 saturated carbocycles. The number of rotatable bonds is 9. The van der Waals surface area contributed by atoms with Gasteiger partial charge in [0.15, 0.2) is 0 Å². The fourth-order valence-corrected chi connectivity index (χ4v) is 4.70. The zero-order valence-electron chi connectivity index (χ0n) is 21.5. The summed E-state index contributed by atoms with van der Waals surface area (Å²) in [5.41, 5.74) is 7.43. The maximum Gasteiger partial charge on any atom is 0.260 e. The molecule has 4 rings (SSSR count). The van der Waals surface area contributed by atoms with E-state index in [1.807, 2.05) is 38.1 Å². The normalized spacial score (nSPS) is 11.6. The second-order valence-corrected chi connectivity index (χ2v) is 10.2. The number of aryl methyl sites for hydroxylation is 2. The summed E-state index contributed by atoms with van der Waals surface area (Å²) >= 11 is 13.3. The molecule has 0 aliphatic rings. The Balaban J connectivity index is 1.94. The van der Waals surface area contributed by atoms with E-state index in [2.05, 4.69) is 15.3 Å². The molecule has 0 unspecified atom stereocenters. The second kappa shape index (κ2) is 11.1. The Morgan fingerprint density at radius 3 is 2.29 bits per heavy atom. The van der Waals surface area contributed by atoms with Crippen LogP contribution in [0.5, 0.6) is 11.5 Å². The van der Waals surface area contributed by atoms with Crippen LogP contribution in [-0.2, 0) is 13.0 Å². The van der Waals surface area contributed by atoms with Crippen molar-refractivity contribution >= 4 is 45.9 Å². The van der Waals surface area contributed by atoms with Crippen molar-refractivity contribution in [1.29, 1.82) is 0 Å². The number of aliphatic hydroxyl groups is 1. The number of halogens is 2. The van der Waals surface area contributed by atoms with E-state index < -0.39 is 5.54 Å². The minimum Gasteiger partial charge on any atom is -0.495 e. The number of nitrogen functional groups attached to an aromatic ring is 1. The predicted octanol–water partition coefficient (Wildman–Crippen LogP) is 4.79. The van der Waals surface area contributed by atoms with Crippen molar-refractivity contribution in [2.24, 2.45) is 0 Å². The van der Waals surface area contributed by atoms with E-state index in [1.165, 1.54) is 14.2 Å². The highest BCUT2D eigenvalue weighted by molar-refractivity contribution is 6.41. The van der Waals surface area contributed by atoms with Crippen molar-refractivity contribution in [3.63, 3.8) is 0 Å². The average molecular weight is 558 g/mol. The van der Waals surface area contributed by atoms with E-state index >= 15 is 0 Å². The van der Waals surface area contributed by atoms with Gasteiger partial charge in [0.2, 0.25) is 5.95 Å². The lowest BCUT2D eigenvalue weighted by Gasteiger charge is -2.23. The van der Waals surface area contributed by atoms with E-state index in [0.29, 0.717) is 46.7 Å². The van der Waals surface area contributed by atoms with Crippen LogP contribution in [0.15, 0.2) is 47.4 Å². The lowest BCUT2D eigenvalue weighted by Crippen LogP contribution is -2.36. The number of nitrogens with one attached hydrogen (secondary N) is 1. The van der Waals surface area contributed by atoms with Crippen LogP contribution >= 0.6 is 23.2 Å². The average Bonchev–Trinajstić information content (AvgIpc) is 2.90. The van der Waals surface area contributed by atoms with Gasteiger partial charge in [-0.3, -0.25) is 9.36 Å². The summed E-state index contributed by atoms with van der Waals surface area (Å²) in [6.45, 7) is 3.81. The minimum atomic E-state index is -0.666. The Bertz CT molecular complexity index is 1510. The number of methoxy groups -OCH3 is 2. The number of ether oxygens (including phenoxy) is 2. The Morgan fingerprint density at radius 1 is 1.08 bits per heavy atom. The third-order valence-electron chi connectivity index (χ3n) is 6.12. The fraction of sp³-hybridized carbons (Fsp3) is 0.296. The van der Waals surface area contributed by atoms with E-state index in [-0.39, 0.29) is 33.7 Å². The van der Waals surface area contributed by atoms with Crippen molar-refractivity contribution in [3.8, 4) is 22.6 Å². The Kier molecular flexibility index (Phi) is 8.01. The molecule has 9 nitrogen and oxygen atoms in total. The van der Waals surface area contributed by atoms with Crippen molar-refractivity contribution in [2.45, 2.75) is 32.4 Å². The van der Waals surface area contributed by atoms with Crippen LogP contribution in [0.1, 0.15) is 19.4 Å².